The maximum Gasteiger partial charge on any atom is 0.269 e. The van der Waals surface area contributed by atoms with Crippen LogP contribution in [0.4, 0.5) is 10.1 Å². The fraction of sp³-hybridized carbons (Fsp3) is 0.125. The molecule has 2 aromatic rings. The lowest BCUT2D eigenvalue weighted by Gasteiger charge is -2.07. The van der Waals surface area contributed by atoms with Gasteiger partial charge in [0.15, 0.2) is 0 Å². The Bertz CT molecular complexity index is 766. The van der Waals surface area contributed by atoms with Gasteiger partial charge < -0.3 is 0 Å². The molecule has 0 fully saturated rings. The maximum atomic E-state index is 12.8. The molecule has 0 aliphatic rings. The molecular weight excluding hydrogens is 349 g/mol. The second-order valence-corrected chi connectivity index (χ2v) is 5.99. The molecule has 0 unspecified atom stereocenters. The number of carbonyl (C=O) groups excluding carboxylic acids is 2. The normalized spacial score (nSPS) is 10.1. The lowest BCUT2D eigenvalue weighted by Crippen LogP contribution is -2.43. The van der Waals surface area contributed by atoms with Gasteiger partial charge in [-0.1, -0.05) is 12.1 Å². The number of halogens is 1. The third kappa shape index (κ3) is 6.22. The molecule has 0 atom stereocenters. The van der Waals surface area contributed by atoms with Crippen molar-refractivity contribution >= 4 is 29.3 Å². The molecule has 0 aromatic heterocycles. The van der Waals surface area contributed by atoms with E-state index in [0.29, 0.717) is 10.5 Å². The monoisotopic (exact) mass is 363 g/mol. The van der Waals surface area contributed by atoms with Crippen molar-refractivity contribution in [2.24, 2.45) is 0 Å². The van der Waals surface area contributed by atoms with Gasteiger partial charge in [0.1, 0.15) is 5.82 Å². The van der Waals surface area contributed by atoms with Gasteiger partial charge in [-0.25, -0.2) is 4.39 Å². The number of hydrazine groups is 1. The van der Waals surface area contributed by atoms with Gasteiger partial charge in [0.2, 0.25) is 11.8 Å². The molecule has 0 spiro atoms. The maximum absolute atomic E-state index is 12.8. The van der Waals surface area contributed by atoms with Gasteiger partial charge >= 0.3 is 0 Å². The van der Waals surface area contributed by atoms with E-state index < -0.39 is 16.7 Å². The number of non-ortho nitro benzene ring substituents is 1. The highest BCUT2D eigenvalue weighted by Gasteiger charge is 2.08. The van der Waals surface area contributed by atoms with Gasteiger partial charge in [0.25, 0.3) is 5.69 Å². The van der Waals surface area contributed by atoms with Crippen molar-refractivity contribution in [3.8, 4) is 0 Å². The van der Waals surface area contributed by atoms with Crippen LogP contribution in [0, 0.1) is 15.9 Å². The van der Waals surface area contributed by atoms with E-state index in [-0.39, 0.29) is 23.7 Å². The molecule has 7 nitrogen and oxygen atoms in total. The molecule has 130 valence electrons. The minimum absolute atomic E-state index is 0.00998. The summed E-state index contributed by atoms with van der Waals surface area (Å²) < 4.78 is 12.8. The number of nitro groups is 1. The molecule has 0 aliphatic carbocycles. The SMILES string of the molecule is O=C(CSc1ccc([N+](=O)[O-])cc1)NNC(=O)Cc1ccc(F)cc1. The molecule has 2 rings (SSSR count). The Morgan fingerprint density at radius 2 is 1.60 bits per heavy atom. The first-order valence-corrected chi connectivity index (χ1v) is 8.12. The topological polar surface area (TPSA) is 101 Å². The molecule has 2 aromatic carbocycles. The number of nitrogens with zero attached hydrogens (tertiary/aromatic N) is 1. The van der Waals surface area contributed by atoms with E-state index in [1.807, 2.05) is 0 Å². The number of amides is 2. The molecule has 0 aliphatic heterocycles. The summed E-state index contributed by atoms with van der Waals surface area (Å²) in [4.78, 5) is 34.1. The first-order valence-electron chi connectivity index (χ1n) is 7.13. The standard InChI is InChI=1S/C16H14FN3O4S/c17-12-3-1-11(2-4-12)9-15(21)18-19-16(22)10-25-14-7-5-13(6-8-14)20(23)24/h1-8H,9-10H2,(H,18,21)(H,19,22). The van der Waals surface area contributed by atoms with Crippen LogP contribution in [0.1, 0.15) is 5.56 Å². The van der Waals surface area contributed by atoms with Crippen LogP contribution in [0.2, 0.25) is 0 Å². The summed E-state index contributed by atoms with van der Waals surface area (Å²) in [5.74, 6) is -1.20. The molecule has 2 amide bonds. The van der Waals surface area contributed by atoms with Crippen molar-refractivity contribution in [2.45, 2.75) is 11.3 Å². The number of hydrogen-bond donors (Lipinski definition) is 2. The van der Waals surface area contributed by atoms with Crippen molar-refractivity contribution in [3.63, 3.8) is 0 Å². The van der Waals surface area contributed by atoms with E-state index in [2.05, 4.69) is 10.9 Å². The minimum atomic E-state index is -0.502. The van der Waals surface area contributed by atoms with E-state index in [4.69, 9.17) is 0 Å². The molecule has 0 heterocycles. The third-order valence-electron chi connectivity index (χ3n) is 3.04. The first kappa shape index (κ1) is 18.4. The first-order chi connectivity index (χ1) is 11.9. The second kappa shape index (κ2) is 8.78. The summed E-state index contributed by atoms with van der Waals surface area (Å²) in [7, 11) is 0. The Labute approximate surface area is 146 Å². The molecule has 0 saturated heterocycles. The van der Waals surface area contributed by atoms with Crippen LogP contribution in [-0.2, 0) is 16.0 Å². The van der Waals surface area contributed by atoms with Gasteiger partial charge in [-0.15, -0.1) is 11.8 Å². The predicted molar refractivity (Wildman–Crippen MR) is 90.2 cm³/mol. The van der Waals surface area contributed by atoms with Gasteiger partial charge in [-0.3, -0.25) is 30.6 Å². The average molecular weight is 363 g/mol. The van der Waals surface area contributed by atoms with Crippen molar-refractivity contribution in [3.05, 3.63) is 70.0 Å². The van der Waals surface area contributed by atoms with Crippen LogP contribution < -0.4 is 10.9 Å². The van der Waals surface area contributed by atoms with Crippen molar-refractivity contribution in [2.75, 3.05) is 5.75 Å². The summed E-state index contributed by atoms with van der Waals surface area (Å²) in [6.45, 7) is 0. The van der Waals surface area contributed by atoms with Crippen LogP contribution >= 0.6 is 11.8 Å². The van der Waals surface area contributed by atoms with E-state index in [0.717, 1.165) is 0 Å². The molecule has 0 saturated carbocycles. The van der Waals surface area contributed by atoms with E-state index in [1.165, 1.54) is 48.2 Å². The lowest BCUT2D eigenvalue weighted by molar-refractivity contribution is -0.384. The van der Waals surface area contributed by atoms with E-state index in [9.17, 15) is 24.1 Å². The third-order valence-corrected chi connectivity index (χ3v) is 4.05. The number of nitro benzene ring substituents is 1. The Kier molecular flexibility index (Phi) is 6.47. The fourth-order valence-corrected chi connectivity index (χ4v) is 2.52. The fourth-order valence-electron chi connectivity index (χ4n) is 1.82. The highest BCUT2D eigenvalue weighted by molar-refractivity contribution is 8.00. The van der Waals surface area contributed by atoms with Gasteiger partial charge in [-0.2, -0.15) is 0 Å². The van der Waals surface area contributed by atoms with Gasteiger partial charge in [0.05, 0.1) is 17.1 Å². The second-order valence-electron chi connectivity index (χ2n) is 4.94. The van der Waals surface area contributed by atoms with Crippen LogP contribution in [0.5, 0.6) is 0 Å². The lowest BCUT2D eigenvalue weighted by atomic mass is 10.1. The number of hydrogen-bond acceptors (Lipinski definition) is 5. The van der Waals surface area contributed by atoms with E-state index >= 15 is 0 Å². The average Bonchev–Trinajstić information content (AvgIpc) is 2.60. The molecule has 0 radical (unpaired) electrons. The molecule has 0 bridgehead atoms. The zero-order valence-electron chi connectivity index (χ0n) is 12.9. The minimum Gasteiger partial charge on any atom is -0.273 e. The Hall–Kier alpha value is -2.94. The summed E-state index contributed by atoms with van der Waals surface area (Å²) >= 11 is 1.18. The number of benzene rings is 2. The van der Waals surface area contributed by atoms with Crippen LogP contribution in [0.25, 0.3) is 0 Å². The number of carbonyl (C=O) groups is 2. The Morgan fingerprint density at radius 1 is 1.00 bits per heavy atom. The summed E-state index contributed by atoms with van der Waals surface area (Å²) in [6.07, 6.45) is 0.00998. The van der Waals surface area contributed by atoms with E-state index in [1.54, 1.807) is 12.1 Å². The van der Waals surface area contributed by atoms with Crippen LogP contribution in [-0.4, -0.2) is 22.5 Å². The Morgan fingerprint density at radius 3 is 2.20 bits per heavy atom. The zero-order chi connectivity index (χ0) is 18.2. The number of rotatable bonds is 6. The smallest absolute Gasteiger partial charge is 0.269 e. The van der Waals surface area contributed by atoms with Crippen LogP contribution in [0.3, 0.4) is 0 Å². The quantitative estimate of drug-likeness (QED) is 0.465. The largest absolute Gasteiger partial charge is 0.273 e. The van der Waals surface area contributed by atoms with Gasteiger partial charge in [0, 0.05) is 17.0 Å². The van der Waals surface area contributed by atoms with Crippen molar-refractivity contribution in [1.29, 1.82) is 0 Å². The van der Waals surface area contributed by atoms with Crippen LogP contribution in [0.15, 0.2) is 53.4 Å². The highest BCUT2D eigenvalue weighted by Crippen LogP contribution is 2.20. The highest BCUT2D eigenvalue weighted by atomic mass is 32.2. The molecular formula is C16H14FN3O4S. The zero-order valence-corrected chi connectivity index (χ0v) is 13.7. The molecule has 2 N–H and O–H groups in total. The van der Waals surface area contributed by atoms with Crippen molar-refractivity contribution < 1.29 is 18.9 Å². The summed E-state index contributed by atoms with van der Waals surface area (Å²) in [5, 5.41) is 10.6. The molecule has 9 heteroatoms. The van der Waals surface area contributed by atoms with Gasteiger partial charge in [-0.05, 0) is 29.8 Å². The number of thioether (sulfide) groups is 1. The Balaban J connectivity index is 1.72. The summed E-state index contributed by atoms with van der Waals surface area (Å²) in [5.41, 5.74) is 5.14. The predicted octanol–water partition coefficient (Wildman–Crippen LogP) is 2.22. The van der Waals surface area contributed by atoms with Crippen molar-refractivity contribution in [1.82, 2.24) is 10.9 Å². The summed E-state index contributed by atoms with van der Waals surface area (Å²) in [6, 6.07) is 11.3. The molecule has 25 heavy (non-hydrogen) atoms. The number of nitrogens with one attached hydrogen (secondary N) is 2.